The molecule has 13 heteroatoms. The van der Waals surface area contributed by atoms with E-state index in [1.165, 1.54) is 24.5 Å². The third-order valence-corrected chi connectivity index (χ3v) is 8.04. The number of anilines is 3. The lowest BCUT2D eigenvalue weighted by Gasteiger charge is -2.32. The first-order valence-corrected chi connectivity index (χ1v) is 14.8. The Kier molecular flexibility index (Phi) is 11.7. The fraction of sp³-hybridized carbons (Fsp3) is 0.429. The highest BCUT2D eigenvalue weighted by atomic mass is 32.2. The molecule has 0 aliphatic heterocycles. The minimum atomic E-state index is -4.48. The van der Waals surface area contributed by atoms with E-state index in [0.717, 1.165) is 10.7 Å². The van der Waals surface area contributed by atoms with Crippen molar-refractivity contribution in [3.8, 4) is 11.5 Å². The molecule has 3 rings (SSSR count). The smallest absolute Gasteiger partial charge is 0.268 e. The van der Waals surface area contributed by atoms with Gasteiger partial charge in [0.05, 0.1) is 55.8 Å². The number of hydrogen-bond donors (Lipinski definition) is 5. The van der Waals surface area contributed by atoms with Gasteiger partial charge in [0.1, 0.15) is 34.7 Å². The van der Waals surface area contributed by atoms with Gasteiger partial charge in [0.25, 0.3) is 10.0 Å². The Morgan fingerprint density at radius 2 is 1.78 bits per heavy atom. The summed E-state index contributed by atoms with van der Waals surface area (Å²) in [6, 6.07) is 11.1. The number of rotatable bonds is 16. The van der Waals surface area contributed by atoms with Gasteiger partial charge in [0.2, 0.25) is 0 Å². The SMILES string of the molecule is CCCCOc1ccccc1S(=O)(=O)N(CC(O)C(O)C(O)CO)c1cc(OCC)cc(C)c1Nc1ccnnc1. The molecule has 0 amide bonds. The standard InChI is InChI=1S/C28H38N4O8S/c1-4-6-13-40-25-9-7-8-10-26(25)41(37,38)32(17-23(34)28(36)24(35)18-33)22-15-21(39-5-2)14-19(3)27(22)31-20-11-12-29-30-16-20/h7-12,14-16,23-24,28,33-36H,4-6,13,17-18H2,1-3H3,(H,29,31). The topological polar surface area (TPSA) is 175 Å². The summed E-state index contributed by atoms with van der Waals surface area (Å²) >= 11 is 0. The van der Waals surface area contributed by atoms with Gasteiger partial charge in [-0.25, -0.2) is 8.42 Å². The first kappa shape index (κ1) is 32.0. The van der Waals surface area contributed by atoms with E-state index >= 15 is 0 Å². The maximum absolute atomic E-state index is 14.4. The highest BCUT2D eigenvalue weighted by Gasteiger charge is 2.35. The second-order valence-corrected chi connectivity index (χ2v) is 11.1. The van der Waals surface area contributed by atoms with Crippen molar-refractivity contribution in [2.75, 3.05) is 36.0 Å². The van der Waals surface area contributed by atoms with Gasteiger partial charge in [0.15, 0.2) is 0 Å². The van der Waals surface area contributed by atoms with E-state index in [-0.39, 0.29) is 16.3 Å². The van der Waals surface area contributed by atoms with Gasteiger partial charge in [0, 0.05) is 6.07 Å². The maximum Gasteiger partial charge on any atom is 0.268 e. The molecule has 224 valence electrons. The van der Waals surface area contributed by atoms with Crippen LogP contribution in [0.3, 0.4) is 0 Å². The van der Waals surface area contributed by atoms with E-state index in [1.807, 2.05) is 6.92 Å². The Balaban J connectivity index is 2.24. The van der Waals surface area contributed by atoms with Crippen molar-refractivity contribution >= 4 is 27.1 Å². The highest BCUT2D eigenvalue weighted by molar-refractivity contribution is 7.93. The number of hydrogen-bond acceptors (Lipinski definition) is 11. The molecule has 0 saturated carbocycles. The summed E-state index contributed by atoms with van der Waals surface area (Å²) in [5.41, 5.74) is 1.59. The van der Waals surface area contributed by atoms with Crippen LogP contribution in [-0.4, -0.2) is 83.7 Å². The number of aryl methyl sites for hydroxylation is 1. The first-order chi connectivity index (χ1) is 19.6. The van der Waals surface area contributed by atoms with E-state index in [1.54, 1.807) is 44.2 Å². The van der Waals surface area contributed by atoms with Crippen LogP contribution in [-0.2, 0) is 10.0 Å². The molecule has 0 fully saturated rings. The molecule has 0 saturated heterocycles. The molecule has 5 N–H and O–H groups in total. The number of nitrogens with one attached hydrogen (secondary N) is 1. The summed E-state index contributed by atoms with van der Waals surface area (Å²) < 4.78 is 41.3. The van der Waals surface area contributed by atoms with Crippen molar-refractivity contribution in [1.29, 1.82) is 0 Å². The van der Waals surface area contributed by atoms with Gasteiger partial charge in [-0.05, 0) is 50.1 Å². The molecule has 3 aromatic rings. The van der Waals surface area contributed by atoms with Crippen molar-refractivity contribution in [3.05, 3.63) is 60.4 Å². The summed E-state index contributed by atoms with van der Waals surface area (Å²) in [6.45, 7) is 4.64. The molecule has 12 nitrogen and oxygen atoms in total. The number of nitrogens with zero attached hydrogens (tertiary/aromatic N) is 3. The number of unbranched alkanes of at least 4 members (excludes halogenated alkanes) is 1. The normalized spacial score (nSPS) is 13.7. The molecule has 1 heterocycles. The van der Waals surface area contributed by atoms with Crippen molar-refractivity contribution < 1.29 is 38.3 Å². The summed E-state index contributed by atoms with van der Waals surface area (Å²) in [4.78, 5) is -0.156. The van der Waals surface area contributed by atoms with Crippen LogP contribution in [0.5, 0.6) is 11.5 Å². The molecule has 0 radical (unpaired) electrons. The molecular formula is C28H38N4O8S. The molecule has 0 aliphatic rings. The molecule has 3 atom stereocenters. The third kappa shape index (κ3) is 8.05. The zero-order chi connectivity index (χ0) is 30.0. The van der Waals surface area contributed by atoms with Gasteiger partial charge in [-0.1, -0.05) is 25.5 Å². The second kappa shape index (κ2) is 14.9. The van der Waals surface area contributed by atoms with Crippen LogP contribution in [0.4, 0.5) is 17.1 Å². The average molecular weight is 591 g/mol. The van der Waals surface area contributed by atoms with Gasteiger partial charge >= 0.3 is 0 Å². The van der Waals surface area contributed by atoms with Crippen LogP contribution in [0.25, 0.3) is 0 Å². The van der Waals surface area contributed by atoms with Gasteiger partial charge in [-0.15, -0.1) is 0 Å². The maximum atomic E-state index is 14.4. The Morgan fingerprint density at radius 1 is 1.02 bits per heavy atom. The van der Waals surface area contributed by atoms with Gasteiger partial charge < -0.3 is 35.2 Å². The van der Waals surface area contributed by atoms with E-state index in [4.69, 9.17) is 9.47 Å². The van der Waals surface area contributed by atoms with E-state index < -0.39 is 41.5 Å². The van der Waals surface area contributed by atoms with Crippen LogP contribution in [0.15, 0.2) is 59.8 Å². The van der Waals surface area contributed by atoms with Crippen LogP contribution < -0.4 is 19.1 Å². The van der Waals surface area contributed by atoms with Crippen LogP contribution in [0.1, 0.15) is 32.3 Å². The average Bonchev–Trinajstić information content (AvgIpc) is 2.97. The zero-order valence-electron chi connectivity index (χ0n) is 23.3. The third-order valence-electron chi connectivity index (χ3n) is 6.22. The minimum Gasteiger partial charge on any atom is -0.494 e. The Morgan fingerprint density at radius 3 is 2.44 bits per heavy atom. The quantitative estimate of drug-likeness (QED) is 0.155. The lowest BCUT2D eigenvalue weighted by Crippen LogP contribution is -2.47. The summed E-state index contributed by atoms with van der Waals surface area (Å²) in [7, 11) is -4.48. The van der Waals surface area contributed by atoms with Crippen molar-refractivity contribution in [2.24, 2.45) is 0 Å². The van der Waals surface area contributed by atoms with Crippen LogP contribution in [0, 0.1) is 6.92 Å². The molecule has 3 unspecified atom stereocenters. The van der Waals surface area contributed by atoms with Gasteiger partial charge in [-0.2, -0.15) is 10.2 Å². The summed E-state index contributed by atoms with van der Waals surface area (Å²) in [6.07, 6.45) is -0.827. The monoisotopic (exact) mass is 590 g/mol. The number of para-hydroxylation sites is 1. The predicted molar refractivity (Wildman–Crippen MR) is 154 cm³/mol. The molecule has 41 heavy (non-hydrogen) atoms. The molecule has 2 aromatic carbocycles. The van der Waals surface area contributed by atoms with Gasteiger partial charge in [-0.3, -0.25) is 4.31 Å². The fourth-order valence-corrected chi connectivity index (χ4v) is 5.67. The molecule has 0 aliphatic carbocycles. The van der Waals surface area contributed by atoms with Crippen molar-refractivity contribution in [1.82, 2.24) is 10.2 Å². The lowest BCUT2D eigenvalue weighted by molar-refractivity contribution is -0.0723. The van der Waals surface area contributed by atoms with Crippen LogP contribution in [0.2, 0.25) is 0 Å². The van der Waals surface area contributed by atoms with E-state index in [2.05, 4.69) is 15.5 Å². The Labute approximate surface area is 240 Å². The summed E-state index contributed by atoms with van der Waals surface area (Å²) in [5, 5.41) is 51.5. The Bertz CT molecular complexity index is 1360. The second-order valence-electron chi connectivity index (χ2n) is 9.32. The number of sulfonamides is 1. The first-order valence-electron chi connectivity index (χ1n) is 13.3. The van der Waals surface area contributed by atoms with Crippen molar-refractivity contribution in [3.63, 3.8) is 0 Å². The number of aliphatic hydroxyl groups excluding tert-OH is 4. The van der Waals surface area contributed by atoms with E-state index in [0.29, 0.717) is 42.3 Å². The molecule has 0 bridgehead atoms. The van der Waals surface area contributed by atoms with E-state index in [9.17, 15) is 28.8 Å². The zero-order valence-corrected chi connectivity index (χ0v) is 24.2. The number of aromatic nitrogens is 2. The largest absolute Gasteiger partial charge is 0.494 e. The fourth-order valence-electron chi connectivity index (χ4n) is 4.05. The van der Waals surface area contributed by atoms with Crippen molar-refractivity contribution in [2.45, 2.75) is 56.8 Å². The minimum absolute atomic E-state index is 0.0957. The van der Waals surface area contributed by atoms with Crippen LogP contribution >= 0.6 is 0 Å². The predicted octanol–water partition coefficient (Wildman–Crippen LogP) is 2.38. The lowest BCUT2D eigenvalue weighted by atomic mass is 10.1. The highest BCUT2D eigenvalue weighted by Crippen LogP contribution is 2.40. The number of aliphatic hydroxyl groups is 4. The summed E-state index contributed by atoms with van der Waals surface area (Å²) in [5.74, 6) is 0.499. The Hall–Kier alpha value is -3.49. The number of benzene rings is 2. The number of ether oxygens (including phenoxy) is 2. The molecular weight excluding hydrogens is 552 g/mol. The molecule has 0 spiro atoms. The molecule has 1 aromatic heterocycles.